The standard InChI is InChI=1S/C14H13N3O3/c1-2-7-20-9-14(12(18)16-13(19)17-14)11-5-3-10(8-15)4-6-11/h2-6H,1,7,9H2,(H2,16,17,18,19). The molecule has 6 nitrogen and oxygen atoms in total. The molecule has 0 radical (unpaired) electrons. The zero-order chi connectivity index (χ0) is 14.6. The second-order valence-electron chi connectivity index (χ2n) is 4.31. The molecule has 3 amide bonds. The summed E-state index contributed by atoms with van der Waals surface area (Å²) in [6, 6.07) is 7.85. The van der Waals surface area contributed by atoms with Gasteiger partial charge in [-0.3, -0.25) is 10.1 Å². The van der Waals surface area contributed by atoms with Gasteiger partial charge in [-0.25, -0.2) is 4.79 Å². The quantitative estimate of drug-likeness (QED) is 0.470. The minimum atomic E-state index is -1.27. The first-order valence-corrected chi connectivity index (χ1v) is 5.95. The lowest BCUT2D eigenvalue weighted by Crippen LogP contribution is -2.48. The molecule has 102 valence electrons. The summed E-state index contributed by atoms with van der Waals surface area (Å²) in [6.45, 7) is 3.78. The molecule has 1 aromatic rings. The van der Waals surface area contributed by atoms with Crippen molar-refractivity contribution < 1.29 is 14.3 Å². The summed E-state index contributed by atoms with van der Waals surface area (Å²) in [5.41, 5.74) is -0.238. The van der Waals surface area contributed by atoms with Crippen LogP contribution >= 0.6 is 0 Å². The minimum absolute atomic E-state index is 0.0114. The van der Waals surface area contributed by atoms with Crippen molar-refractivity contribution in [1.29, 1.82) is 5.26 Å². The number of urea groups is 1. The highest BCUT2D eigenvalue weighted by Gasteiger charge is 2.48. The molecule has 0 bridgehead atoms. The van der Waals surface area contributed by atoms with E-state index in [0.717, 1.165) is 0 Å². The molecule has 1 aliphatic rings. The van der Waals surface area contributed by atoms with E-state index in [1.54, 1.807) is 30.3 Å². The highest BCUT2D eigenvalue weighted by molar-refractivity contribution is 6.07. The van der Waals surface area contributed by atoms with Crippen LogP contribution in [0.2, 0.25) is 0 Å². The summed E-state index contributed by atoms with van der Waals surface area (Å²) in [5.74, 6) is -0.476. The number of carbonyl (C=O) groups is 2. The predicted octanol–water partition coefficient (Wildman–Crippen LogP) is 0.796. The number of hydrogen-bond acceptors (Lipinski definition) is 4. The summed E-state index contributed by atoms with van der Waals surface area (Å²) < 4.78 is 5.34. The van der Waals surface area contributed by atoms with E-state index in [4.69, 9.17) is 10.00 Å². The summed E-state index contributed by atoms with van der Waals surface area (Å²) >= 11 is 0. The summed E-state index contributed by atoms with van der Waals surface area (Å²) in [5, 5.41) is 13.6. The van der Waals surface area contributed by atoms with Crippen molar-refractivity contribution >= 4 is 11.9 Å². The average molecular weight is 271 g/mol. The number of rotatable bonds is 5. The van der Waals surface area contributed by atoms with Gasteiger partial charge in [0.15, 0.2) is 5.54 Å². The molecule has 1 aliphatic heterocycles. The number of nitriles is 1. The van der Waals surface area contributed by atoms with Gasteiger partial charge in [0.05, 0.1) is 24.8 Å². The van der Waals surface area contributed by atoms with Crippen molar-refractivity contribution in [2.24, 2.45) is 0 Å². The molecular weight excluding hydrogens is 258 g/mol. The Balaban J connectivity index is 2.35. The van der Waals surface area contributed by atoms with Crippen LogP contribution in [0, 0.1) is 11.3 Å². The number of carbonyl (C=O) groups excluding carboxylic acids is 2. The highest BCUT2D eigenvalue weighted by Crippen LogP contribution is 2.26. The van der Waals surface area contributed by atoms with Crippen molar-refractivity contribution in [1.82, 2.24) is 10.6 Å². The first kappa shape index (κ1) is 13.8. The maximum absolute atomic E-state index is 12.1. The van der Waals surface area contributed by atoms with Crippen LogP contribution in [0.1, 0.15) is 11.1 Å². The van der Waals surface area contributed by atoms with Gasteiger partial charge in [0, 0.05) is 0 Å². The minimum Gasteiger partial charge on any atom is -0.374 e. The SMILES string of the molecule is C=CCOCC1(c2ccc(C#N)cc2)NC(=O)NC1=O. The molecule has 20 heavy (non-hydrogen) atoms. The lowest BCUT2D eigenvalue weighted by atomic mass is 9.90. The van der Waals surface area contributed by atoms with E-state index in [2.05, 4.69) is 17.2 Å². The van der Waals surface area contributed by atoms with Gasteiger partial charge in [-0.2, -0.15) is 5.26 Å². The number of ether oxygens (including phenoxy) is 1. The van der Waals surface area contributed by atoms with E-state index in [1.807, 2.05) is 6.07 Å². The molecule has 1 atom stereocenters. The van der Waals surface area contributed by atoms with Gasteiger partial charge >= 0.3 is 6.03 Å². The molecule has 2 rings (SSSR count). The predicted molar refractivity (Wildman–Crippen MR) is 70.5 cm³/mol. The highest BCUT2D eigenvalue weighted by atomic mass is 16.5. The molecule has 0 spiro atoms. The summed E-state index contributed by atoms with van der Waals surface area (Å²) in [6.07, 6.45) is 1.56. The lowest BCUT2D eigenvalue weighted by molar-refractivity contribution is -0.126. The van der Waals surface area contributed by atoms with Gasteiger partial charge in [0.1, 0.15) is 0 Å². The van der Waals surface area contributed by atoms with Gasteiger partial charge in [0.25, 0.3) is 5.91 Å². The van der Waals surface area contributed by atoms with Crippen molar-refractivity contribution in [2.75, 3.05) is 13.2 Å². The number of hydrogen-bond donors (Lipinski definition) is 2. The lowest BCUT2D eigenvalue weighted by Gasteiger charge is -2.26. The monoisotopic (exact) mass is 271 g/mol. The number of imide groups is 1. The molecular formula is C14H13N3O3. The molecule has 6 heteroatoms. The molecule has 0 aromatic heterocycles. The largest absolute Gasteiger partial charge is 0.374 e. The third-order valence-electron chi connectivity index (χ3n) is 3.00. The maximum atomic E-state index is 12.1. The Kier molecular flexibility index (Phi) is 3.82. The first-order valence-electron chi connectivity index (χ1n) is 5.95. The number of nitrogens with one attached hydrogen (secondary N) is 2. The molecule has 1 heterocycles. The van der Waals surface area contributed by atoms with Crippen LogP contribution in [0.15, 0.2) is 36.9 Å². The van der Waals surface area contributed by atoms with Gasteiger partial charge in [0.2, 0.25) is 0 Å². The Morgan fingerprint density at radius 2 is 2.05 bits per heavy atom. The molecule has 0 saturated carbocycles. The summed E-state index contributed by atoms with van der Waals surface area (Å²) in [7, 11) is 0. The maximum Gasteiger partial charge on any atom is 0.322 e. The zero-order valence-electron chi connectivity index (χ0n) is 10.7. The Morgan fingerprint density at radius 1 is 1.35 bits per heavy atom. The summed E-state index contributed by atoms with van der Waals surface area (Å²) in [4.78, 5) is 23.5. The van der Waals surface area contributed by atoms with Crippen molar-refractivity contribution in [2.45, 2.75) is 5.54 Å². The van der Waals surface area contributed by atoms with Crippen LogP contribution in [-0.4, -0.2) is 25.2 Å². The molecule has 1 aromatic carbocycles. The van der Waals surface area contributed by atoms with Crippen LogP contribution in [0.25, 0.3) is 0 Å². The van der Waals surface area contributed by atoms with Gasteiger partial charge in [-0.1, -0.05) is 18.2 Å². The normalized spacial score (nSPS) is 20.9. The van der Waals surface area contributed by atoms with E-state index in [-0.39, 0.29) is 13.2 Å². The molecule has 2 N–H and O–H groups in total. The molecule has 1 saturated heterocycles. The zero-order valence-corrected chi connectivity index (χ0v) is 10.7. The van der Waals surface area contributed by atoms with Gasteiger partial charge < -0.3 is 10.1 Å². The molecule has 0 aliphatic carbocycles. The molecule has 1 fully saturated rings. The van der Waals surface area contributed by atoms with Crippen LogP contribution in [0.4, 0.5) is 4.79 Å². The van der Waals surface area contributed by atoms with Crippen LogP contribution < -0.4 is 10.6 Å². The van der Waals surface area contributed by atoms with Gasteiger partial charge in [-0.05, 0) is 17.7 Å². The third-order valence-corrected chi connectivity index (χ3v) is 3.00. The van der Waals surface area contributed by atoms with Crippen molar-refractivity contribution in [3.63, 3.8) is 0 Å². The number of benzene rings is 1. The van der Waals surface area contributed by atoms with E-state index in [0.29, 0.717) is 11.1 Å². The fraction of sp³-hybridized carbons (Fsp3) is 0.214. The Labute approximate surface area is 116 Å². The Morgan fingerprint density at radius 3 is 2.55 bits per heavy atom. The Hall–Kier alpha value is -2.65. The van der Waals surface area contributed by atoms with Gasteiger partial charge in [-0.15, -0.1) is 6.58 Å². The van der Waals surface area contributed by atoms with E-state index >= 15 is 0 Å². The van der Waals surface area contributed by atoms with Crippen LogP contribution in [0.3, 0.4) is 0 Å². The van der Waals surface area contributed by atoms with E-state index < -0.39 is 17.5 Å². The van der Waals surface area contributed by atoms with Crippen LogP contribution in [-0.2, 0) is 15.1 Å². The van der Waals surface area contributed by atoms with Crippen molar-refractivity contribution in [3.8, 4) is 6.07 Å². The smallest absolute Gasteiger partial charge is 0.322 e. The second kappa shape index (κ2) is 5.55. The fourth-order valence-corrected chi connectivity index (χ4v) is 2.00. The Bertz CT molecular complexity index is 589. The first-order chi connectivity index (χ1) is 9.62. The second-order valence-corrected chi connectivity index (χ2v) is 4.31. The average Bonchev–Trinajstić information content (AvgIpc) is 2.74. The number of amides is 3. The fourth-order valence-electron chi connectivity index (χ4n) is 2.00. The van der Waals surface area contributed by atoms with Crippen LogP contribution in [0.5, 0.6) is 0 Å². The van der Waals surface area contributed by atoms with Crippen molar-refractivity contribution in [3.05, 3.63) is 48.0 Å². The van der Waals surface area contributed by atoms with E-state index in [1.165, 1.54) is 0 Å². The number of nitrogens with zero attached hydrogens (tertiary/aromatic N) is 1. The third kappa shape index (κ3) is 2.39. The van der Waals surface area contributed by atoms with E-state index in [9.17, 15) is 9.59 Å². The molecule has 1 unspecified atom stereocenters. The topological polar surface area (TPSA) is 91.2 Å².